The van der Waals surface area contributed by atoms with Gasteiger partial charge in [-0.15, -0.1) is 0 Å². The molecule has 0 heterocycles. The molecule has 0 N–H and O–H groups in total. The van der Waals surface area contributed by atoms with Gasteiger partial charge in [-0.25, -0.2) is 0 Å². The molecule has 0 saturated heterocycles. The van der Waals surface area contributed by atoms with Crippen LogP contribution in [0.25, 0.3) is 0 Å². The third kappa shape index (κ3) is 3.89. The molecule has 0 fully saturated rings. The van der Waals surface area contributed by atoms with Gasteiger partial charge in [0.05, 0.1) is 0 Å². The molecule has 0 bridgehead atoms. The van der Waals surface area contributed by atoms with Crippen LogP contribution in [-0.2, 0) is 0 Å². The summed E-state index contributed by atoms with van der Waals surface area (Å²) in [4.78, 5) is 0. The molecule has 14 heavy (non-hydrogen) atoms. The molecule has 0 saturated carbocycles. The van der Waals surface area contributed by atoms with Gasteiger partial charge in [0, 0.05) is 16.1 Å². The van der Waals surface area contributed by atoms with Crippen LogP contribution in [0.3, 0.4) is 0 Å². The van der Waals surface area contributed by atoms with E-state index in [2.05, 4.69) is 47.0 Å². The van der Waals surface area contributed by atoms with Gasteiger partial charge in [0.1, 0.15) is 0 Å². The van der Waals surface area contributed by atoms with E-state index in [9.17, 15) is 0 Å². The second-order valence-electron chi connectivity index (χ2n) is 6.20. The molecule has 0 aromatic carbocycles. The van der Waals surface area contributed by atoms with Gasteiger partial charge < -0.3 is 0 Å². The summed E-state index contributed by atoms with van der Waals surface area (Å²) >= 11 is 0. The molecule has 2 heteroatoms. The summed E-state index contributed by atoms with van der Waals surface area (Å²) in [6, 6.07) is 3.04. The van der Waals surface area contributed by atoms with E-state index in [1.807, 2.05) is 0 Å². The highest BCUT2D eigenvalue weighted by atomic mass is 28.4. The first kappa shape index (κ1) is 14.4. The van der Waals surface area contributed by atoms with E-state index < -0.39 is 16.1 Å². The Balaban J connectivity index is 4.49. The molecule has 0 nitrogen and oxygen atoms in total. The van der Waals surface area contributed by atoms with Gasteiger partial charge in [0.15, 0.2) is 0 Å². The normalized spacial score (nSPS) is 13.7. The first-order valence-electron chi connectivity index (χ1n) is 6.28. The Bertz CT molecular complexity index is 144. The second-order valence-corrected chi connectivity index (χ2v) is 17.5. The van der Waals surface area contributed by atoms with E-state index >= 15 is 0 Å². The maximum absolute atomic E-state index is 2.60. The summed E-state index contributed by atoms with van der Waals surface area (Å²) in [6.45, 7) is 17.7. The molecule has 0 amide bonds. The minimum Gasteiger partial charge on any atom is -0.0694 e. The van der Waals surface area contributed by atoms with Crippen LogP contribution in [0, 0.1) is 0 Å². The molecule has 0 atom stereocenters. The van der Waals surface area contributed by atoms with Gasteiger partial charge in [0.25, 0.3) is 0 Å². The largest absolute Gasteiger partial charge is 0.0694 e. The highest BCUT2D eigenvalue weighted by Gasteiger charge is 2.38. The quantitative estimate of drug-likeness (QED) is 0.553. The van der Waals surface area contributed by atoms with Gasteiger partial charge in [0.2, 0.25) is 0 Å². The van der Waals surface area contributed by atoms with Crippen molar-refractivity contribution in [1.82, 2.24) is 0 Å². The summed E-state index contributed by atoms with van der Waals surface area (Å²) in [5, 5.41) is 1.08. The average Bonchev–Trinajstić information content (AvgIpc) is 2.02. The Morgan fingerprint density at radius 1 is 0.786 bits per heavy atom. The summed E-state index contributed by atoms with van der Waals surface area (Å²) in [7, 11) is -1.84. The van der Waals surface area contributed by atoms with E-state index in [1.54, 1.807) is 0 Å². The van der Waals surface area contributed by atoms with E-state index in [0.29, 0.717) is 0 Å². The van der Waals surface area contributed by atoms with E-state index in [4.69, 9.17) is 0 Å². The van der Waals surface area contributed by atoms with E-state index in [0.717, 1.165) is 5.16 Å². The maximum atomic E-state index is 2.60. The van der Waals surface area contributed by atoms with Crippen molar-refractivity contribution in [3.05, 3.63) is 0 Å². The molecular formula is C12H30Si2. The summed E-state index contributed by atoms with van der Waals surface area (Å²) in [6.07, 6.45) is 2.78. The van der Waals surface area contributed by atoms with Crippen molar-refractivity contribution in [3.63, 3.8) is 0 Å². The summed E-state index contributed by atoms with van der Waals surface area (Å²) in [5.74, 6) is 0. The zero-order chi connectivity index (χ0) is 11.4. The highest BCUT2D eigenvalue weighted by molar-refractivity contribution is 6.97. The van der Waals surface area contributed by atoms with Gasteiger partial charge in [-0.3, -0.25) is 0 Å². The maximum Gasteiger partial charge on any atom is 0.0475 e. The van der Waals surface area contributed by atoms with Gasteiger partial charge >= 0.3 is 0 Å². The predicted octanol–water partition coefficient (Wildman–Crippen LogP) is 5.15. The van der Waals surface area contributed by atoms with Crippen LogP contribution in [-0.4, -0.2) is 16.1 Å². The minimum atomic E-state index is -0.918. The minimum absolute atomic E-state index is 0.918. The lowest BCUT2D eigenvalue weighted by Gasteiger charge is -2.40. The number of hydrogen-bond acceptors (Lipinski definition) is 0. The second kappa shape index (κ2) is 5.50. The fourth-order valence-corrected chi connectivity index (χ4v) is 15.6. The first-order valence-corrected chi connectivity index (χ1v) is 12.8. The molecule has 0 spiro atoms. The smallest absolute Gasteiger partial charge is 0.0475 e. The predicted molar refractivity (Wildman–Crippen MR) is 74.6 cm³/mol. The molecular weight excluding hydrogens is 200 g/mol. The zero-order valence-corrected chi connectivity index (χ0v) is 13.4. The van der Waals surface area contributed by atoms with Gasteiger partial charge in [-0.05, 0) is 0 Å². The van der Waals surface area contributed by atoms with E-state index in [1.165, 1.54) is 24.9 Å². The molecule has 0 radical (unpaired) electrons. The number of rotatable bonds is 6. The topological polar surface area (TPSA) is 0 Å². The fourth-order valence-electron chi connectivity index (χ4n) is 2.78. The van der Waals surface area contributed by atoms with Gasteiger partial charge in [-0.2, -0.15) is 0 Å². The standard InChI is InChI=1S/C12H30Si2/c1-8-10-13(4,5)12(3)14(6,7)11-9-2/h12H,8-11H2,1-7H3. The lowest BCUT2D eigenvalue weighted by Crippen LogP contribution is -2.45. The molecule has 0 aliphatic rings. The van der Waals surface area contributed by atoms with Crippen molar-refractivity contribution < 1.29 is 0 Å². The molecule has 86 valence electrons. The van der Waals surface area contributed by atoms with Crippen LogP contribution in [0.2, 0.25) is 43.4 Å². The zero-order valence-electron chi connectivity index (χ0n) is 11.4. The Kier molecular flexibility index (Phi) is 5.67. The Morgan fingerprint density at radius 2 is 1.07 bits per heavy atom. The number of hydrogen-bond donors (Lipinski definition) is 0. The van der Waals surface area contributed by atoms with Crippen molar-refractivity contribution in [1.29, 1.82) is 0 Å². The van der Waals surface area contributed by atoms with Crippen LogP contribution in [0.4, 0.5) is 0 Å². The third-order valence-corrected chi connectivity index (χ3v) is 17.1. The van der Waals surface area contributed by atoms with Crippen molar-refractivity contribution in [2.45, 2.75) is 77.1 Å². The van der Waals surface area contributed by atoms with Crippen molar-refractivity contribution in [2.75, 3.05) is 0 Å². The Morgan fingerprint density at radius 3 is 1.29 bits per heavy atom. The van der Waals surface area contributed by atoms with Crippen molar-refractivity contribution >= 4 is 16.1 Å². The summed E-state index contributed by atoms with van der Waals surface area (Å²) < 4.78 is 0. The molecule has 0 aromatic heterocycles. The first-order chi connectivity index (χ1) is 6.28. The van der Waals surface area contributed by atoms with Crippen LogP contribution < -0.4 is 0 Å². The molecule has 0 aliphatic heterocycles. The lowest BCUT2D eigenvalue weighted by molar-refractivity contribution is 0.975. The Labute approximate surface area is 93.5 Å². The SMILES string of the molecule is CCC[Si](C)(C)C(C)[Si](C)(C)CCC. The van der Waals surface area contributed by atoms with E-state index in [-0.39, 0.29) is 0 Å². The van der Waals surface area contributed by atoms with Crippen molar-refractivity contribution in [2.24, 2.45) is 0 Å². The average molecular weight is 231 g/mol. The molecule has 0 aliphatic carbocycles. The van der Waals surface area contributed by atoms with Crippen molar-refractivity contribution in [3.8, 4) is 0 Å². The third-order valence-electron chi connectivity index (χ3n) is 4.13. The van der Waals surface area contributed by atoms with Crippen LogP contribution in [0.1, 0.15) is 33.6 Å². The van der Waals surface area contributed by atoms with Crippen LogP contribution >= 0.6 is 0 Å². The Hall–Kier alpha value is 0.434. The van der Waals surface area contributed by atoms with Crippen LogP contribution in [0.5, 0.6) is 0 Å². The molecule has 0 unspecified atom stereocenters. The highest BCUT2D eigenvalue weighted by Crippen LogP contribution is 2.37. The lowest BCUT2D eigenvalue weighted by atomic mass is 10.6. The summed E-state index contributed by atoms with van der Waals surface area (Å²) in [5.41, 5.74) is 0. The van der Waals surface area contributed by atoms with Gasteiger partial charge in [-0.1, -0.05) is 77.1 Å². The van der Waals surface area contributed by atoms with Crippen LogP contribution in [0.15, 0.2) is 0 Å². The molecule has 0 rings (SSSR count). The monoisotopic (exact) mass is 230 g/mol. The fraction of sp³-hybridized carbons (Fsp3) is 1.00. The molecule has 0 aromatic rings.